The second kappa shape index (κ2) is 11.1. The fourth-order valence-corrected chi connectivity index (χ4v) is 5.21. The number of rotatable bonds is 10. The number of fused-ring (bicyclic) bond motifs is 3. The zero-order valence-electron chi connectivity index (χ0n) is 20.6. The molecule has 0 aromatic heterocycles. The van der Waals surface area contributed by atoms with Crippen molar-refractivity contribution in [1.29, 1.82) is 0 Å². The Morgan fingerprint density at radius 3 is 1.95 bits per heavy atom. The van der Waals surface area contributed by atoms with E-state index in [0.29, 0.717) is 5.56 Å². The Morgan fingerprint density at radius 2 is 1.43 bits per heavy atom. The van der Waals surface area contributed by atoms with E-state index < -0.39 is 33.9 Å². The van der Waals surface area contributed by atoms with Gasteiger partial charge in [-0.1, -0.05) is 60.7 Å². The van der Waals surface area contributed by atoms with Gasteiger partial charge in [-0.2, -0.15) is 8.42 Å². The predicted octanol–water partition coefficient (Wildman–Crippen LogP) is 3.60. The first-order chi connectivity index (χ1) is 17.7. The highest BCUT2D eigenvalue weighted by Crippen LogP contribution is 2.44. The smallest absolute Gasteiger partial charge is 0.314 e. The lowest BCUT2D eigenvalue weighted by Gasteiger charge is -2.25. The van der Waals surface area contributed by atoms with E-state index in [2.05, 4.69) is 0 Å². The number of nitrogens with two attached hydrogens (primary N) is 1. The second-order valence-electron chi connectivity index (χ2n) is 8.79. The maximum absolute atomic E-state index is 13.5. The number of benzene rings is 3. The average Bonchev–Trinajstić information content (AvgIpc) is 3.19. The Balaban J connectivity index is 1.61. The summed E-state index contributed by atoms with van der Waals surface area (Å²) >= 11 is 0. The molecule has 8 nitrogen and oxygen atoms in total. The molecule has 0 amide bonds. The molecule has 0 saturated heterocycles. The molecule has 0 spiro atoms. The molecule has 0 fully saturated rings. The van der Waals surface area contributed by atoms with Gasteiger partial charge in [0.1, 0.15) is 12.4 Å². The van der Waals surface area contributed by atoms with E-state index in [1.807, 2.05) is 48.5 Å². The molecule has 0 heterocycles. The third-order valence-electron chi connectivity index (χ3n) is 6.34. The number of hydrogen-bond acceptors (Lipinski definition) is 8. The van der Waals surface area contributed by atoms with Gasteiger partial charge in [0.05, 0.1) is 24.7 Å². The number of ether oxygens (including phenoxy) is 2. The number of hydrogen-bond donors (Lipinski definition) is 1. The molecule has 37 heavy (non-hydrogen) atoms. The van der Waals surface area contributed by atoms with Crippen LogP contribution in [0.4, 0.5) is 0 Å². The third kappa shape index (κ3) is 5.84. The molecule has 1 aliphatic carbocycles. The van der Waals surface area contributed by atoms with Crippen LogP contribution in [0.5, 0.6) is 5.75 Å². The molecule has 3 aromatic carbocycles. The summed E-state index contributed by atoms with van der Waals surface area (Å²) < 4.78 is 38.8. The monoisotopic (exact) mass is 523 g/mol. The first kappa shape index (κ1) is 26.4. The van der Waals surface area contributed by atoms with Crippen molar-refractivity contribution in [3.8, 4) is 16.9 Å². The third-order valence-corrected chi connectivity index (χ3v) is 6.84. The van der Waals surface area contributed by atoms with Gasteiger partial charge in [-0.3, -0.25) is 9.59 Å². The van der Waals surface area contributed by atoms with Gasteiger partial charge in [-0.05, 0) is 46.9 Å². The standard InChI is InChI=1S/C28H29NO7S/c1-3-34-27(30)24(16-29)26(18-12-14-19(15-13-18)36-37(2,32)33)28(31)35-17-25-22-10-6-4-8-20(22)21-9-5-7-11-23(21)25/h4-15,24-26H,3,16-17,29H2,1-2H3. The fourth-order valence-electron chi connectivity index (χ4n) is 4.75. The van der Waals surface area contributed by atoms with Crippen molar-refractivity contribution in [3.05, 3.63) is 89.5 Å². The average molecular weight is 524 g/mol. The van der Waals surface area contributed by atoms with Crippen LogP contribution in [0.25, 0.3) is 11.1 Å². The lowest BCUT2D eigenvalue weighted by molar-refractivity contribution is -0.156. The Hall–Kier alpha value is -3.69. The summed E-state index contributed by atoms with van der Waals surface area (Å²) in [5.74, 6) is -3.35. The van der Waals surface area contributed by atoms with Gasteiger partial charge in [-0.15, -0.1) is 0 Å². The summed E-state index contributed by atoms with van der Waals surface area (Å²) in [4.78, 5) is 26.3. The van der Waals surface area contributed by atoms with E-state index in [9.17, 15) is 18.0 Å². The minimum atomic E-state index is -3.72. The van der Waals surface area contributed by atoms with Gasteiger partial charge in [0.15, 0.2) is 0 Å². The molecular formula is C28H29NO7S. The van der Waals surface area contributed by atoms with Gasteiger partial charge >= 0.3 is 22.1 Å². The maximum atomic E-state index is 13.5. The zero-order chi connectivity index (χ0) is 26.6. The largest absolute Gasteiger partial charge is 0.466 e. The molecule has 3 aromatic rings. The van der Waals surface area contributed by atoms with Gasteiger partial charge in [0.25, 0.3) is 0 Å². The highest BCUT2D eigenvalue weighted by Gasteiger charge is 2.38. The quantitative estimate of drug-likeness (QED) is 0.316. The molecular weight excluding hydrogens is 494 g/mol. The van der Waals surface area contributed by atoms with E-state index in [4.69, 9.17) is 19.4 Å². The zero-order valence-corrected chi connectivity index (χ0v) is 21.4. The molecule has 194 valence electrons. The number of carbonyl (C=O) groups excluding carboxylic acids is 2. The molecule has 0 bridgehead atoms. The topological polar surface area (TPSA) is 122 Å². The van der Waals surface area contributed by atoms with Gasteiger partial charge in [0, 0.05) is 12.5 Å². The van der Waals surface area contributed by atoms with E-state index >= 15 is 0 Å². The summed E-state index contributed by atoms with van der Waals surface area (Å²) in [5.41, 5.74) is 10.7. The van der Waals surface area contributed by atoms with E-state index in [1.54, 1.807) is 6.92 Å². The normalized spacial score (nSPS) is 14.2. The van der Waals surface area contributed by atoms with Crippen molar-refractivity contribution in [2.75, 3.05) is 26.0 Å². The van der Waals surface area contributed by atoms with Crippen molar-refractivity contribution in [2.45, 2.75) is 18.8 Å². The van der Waals surface area contributed by atoms with Crippen molar-refractivity contribution in [2.24, 2.45) is 11.7 Å². The Bertz CT molecular complexity index is 1340. The number of carbonyl (C=O) groups is 2. The van der Waals surface area contributed by atoms with E-state index in [1.165, 1.54) is 24.3 Å². The molecule has 1 aliphatic rings. The van der Waals surface area contributed by atoms with Gasteiger partial charge < -0.3 is 19.4 Å². The summed E-state index contributed by atoms with van der Waals surface area (Å²) in [7, 11) is -3.72. The first-order valence-corrected chi connectivity index (χ1v) is 13.8. The molecule has 9 heteroatoms. The van der Waals surface area contributed by atoms with Crippen molar-refractivity contribution < 1.29 is 31.7 Å². The minimum absolute atomic E-state index is 0.0815. The summed E-state index contributed by atoms with van der Waals surface area (Å²) in [5, 5.41) is 0. The lowest BCUT2D eigenvalue weighted by atomic mass is 9.85. The van der Waals surface area contributed by atoms with Crippen LogP contribution in [0.3, 0.4) is 0 Å². The van der Waals surface area contributed by atoms with Crippen LogP contribution >= 0.6 is 0 Å². The van der Waals surface area contributed by atoms with E-state index in [-0.39, 0.29) is 31.4 Å². The van der Waals surface area contributed by atoms with Crippen LogP contribution in [0, 0.1) is 5.92 Å². The number of esters is 2. The molecule has 0 aliphatic heterocycles. The first-order valence-electron chi connectivity index (χ1n) is 11.9. The molecule has 0 radical (unpaired) electrons. The van der Waals surface area contributed by atoms with Crippen LogP contribution in [-0.2, 0) is 29.2 Å². The molecule has 2 N–H and O–H groups in total. The minimum Gasteiger partial charge on any atom is -0.466 e. The van der Waals surface area contributed by atoms with Crippen LogP contribution in [0.1, 0.15) is 35.4 Å². The van der Waals surface area contributed by atoms with Gasteiger partial charge in [0.2, 0.25) is 0 Å². The van der Waals surface area contributed by atoms with Crippen molar-refractivity contribution in [3.63, 3.8) is 0 Å². The molecule has 2 atom stereocenters. The Labute approximate surface area is 216 Å². The molecule has 2 unspecified atom stereocenters. The van der Waals surface area contributed by atoms with Crippen molar-refractivity contribution in [1.82, 2.24) is 0 Å². The molecule has 4 rings (SSSR count). The second-order valence-corrected chi connectivity index (χ2v) is 10.4. The van der Waals surface area contributed by atoms with Gasteiger partial charge in [-0.25, -0.2) is 0 Å². The lowest BCUT2D eigenvalue weighted by Crippen LogP contribution is -2.36. The van der Waals surface area contributed by atoms with Crippen LogP contribution in [-0.4, -0.2) is 46.4 Å². The van der Waals surface area contributed by atoms with Crippen molar-refractivity contribution >= 4 is 22.1 Å². The van der Waals surface area contributed by atoms with Crippen LogP contribution in [0.2, 0.25) is 0 Å². The van der Waals surface area contributed by atoms with Crippen LogP contribution < -0.4 is 9.92 Å². The fraction of sp³-hybridized carbons (Fsp3) is 0.286. The summed E-state index contributed by atoms with van der Waals surface area (Å²) in [6, 6.07) is 21.9. The van der Waals surface area contributed by atoms with E-state index in [0.717, 1.165) is 28.5 Å². The predicted molar refractivity (Wildman–Crippen MR) is 139 cm³/mol. The maximum Gasteiger partial charge on any atom is 0.314 e. The Morgan fingerprint density at radius 1 is 0.865 bits per heavy atom. The van der Waals surface area contributed by atoms with Crippen LogP contribution in [0.15, 0.2) is 72.8 Å². The highest BCUT2D eigenvalue weighted by molar-refractivity contribution is 7.86. The summed E-state index contributed by atoms with van der Waals surface area (Å²) in [6.07, 6.45) is 0.936. The Kier molecular flexibility index (Phi) is 7.94. The SMILES string of the molecule is CCOC(=O)C(CN)C(C(=O)OCC1c2ccccc2-c2ccccc21)c1ccc(OS(C)(=O)=O)cc1. The summed E-state index contributed by atoms with van der Waals surface area (Å²) in [6.45, 7) is 1.74. The molecule has 0 saturated carbocycles. The highest BCUT2D eigenvalue weighted by atomic mass is 32.2.